The number of methoxy groups -OCH3 is 1. The smallest absolute Gasteiger partial charge is 0.237 e. The van der Waals surface area contributed by atoms with Crippen LogP contribution in [0.5, 0.6) is 11.5 Å². The Labute approximate surface area is 131 Å². The molecule has 1 heterocycles. The summed E-state index contributed by atoms with van der Waals surface area (Å²) < 4.78 is 10.6. The topological polar surface area (TPSA) is 59.6 Å². The lowest BCUT2D eigenvalue weighted by molar-refractivity contribution is -0.123. The van der Waals surface area contributed by atoms with Crippen LogP contribution in [0, 0.1) is 0 Å². The third-order valence-electron chi connectivity index (χ3n) is 3.36. The van der Waals surface area contributed by atoms with E-state index in [9.17, 15) is 4.79 Å². The molecule has 2 N–H and O–H groups in total. The van der Waals surface area contributed by atoms with Crippen molar-refractivity contribution in [1.82, 2.24) is 10.6 Å². The minimum Gasteiger partial charge on any atom is -0.497 e. The summed E-state index contributed by atoms with van der Waals surface area (Å²) >= 11 is 0. The first-order valence-electron chi connectivity index (χ1n) is 7.07. The third-order valence-corrected chi connectivity index (χ3v) is 3.36. The molecule has 21 heavy (non-hydrogen) atoms. The van der Waals surface area contributed by atoms with Crippen LogP contribution < -0.4 is 20.1 Å². The zero-order valence-electron chi connectivity index (χ0n) is 12.3. The van der Waals surface area contributed by atoms with Gasteiger partial charge in [-0.25, -0.2) is 0 Å². The van der Waals surface area contributed by atoms with E-state index < -0.39 is 0 Å². The molecular formula is C15H23ClN2O3. The number of hydrogen-bond acceptors (Lipinski definition) is 4. The molecule has 1 aliphatic heterocycles. The molecule has 1 saturated heterocycles. The number of nitrogens with one attached hydrogen (secondary N) is 2. The third kappa shape index (κ3) is 5.81. The van der Waals surface area contributed by atoms with E-state index in [1.54, 1.807) is 7.11 Å². The first-order valence-corrected chi connectivity index (χ1v) is 7.07. The van der Waals surface area contributed by atoms with Crippen LogP contribution >= 0.6 is 12.4 Å². The zero-order valence-corrected chi connectivity index (χ0v) is 13.1. The molecule has 2 rings (SSSR count). The summed E-state index contributed by atoms with van der Waals surface area (Å²) in [6.07, 6.45) is 3.20. The van der Waals surface area contributed by atoms with Crippen molar-refractivity contribution in [2.75, 3.05) is 26.8 Å². The van der Waals surface area contributed by atoms with E-state index in [1.165, 1.54) is 0 Å². The molecule has 1 atom stereocenters. The summed E-state index contributed by atoms with van der Waals surface area (Å²) in [6, 6.07) is 7.36. The SMILES string of the molecule is COc1ccc(OCCNC(=O)C2CCCCN2)cc1.Cl. The molecule has 118 valence electrons. The van der Waals surface area contributed by atoms with Crippen molar-refractivity contribution in [1.29, 1.82) is 0 Å². The Bertz CT molecular complexity index is 419. The molecule has 0 aromatic heterocycles. The van der Waals surface area contributed by atoms with E-state index in [0.29, 0.717) is 13.2 Å². The molecule has 1 amide bonds. The Morgan fingerprint density at radius 1 is 1.29 bits per heavy atom. The molecule has 1 fully saturated rings. The summed E-state index contributed by atoms with van der Waals surface area (Å²) in [6.45, 7) is 1.91. The number of piperidine rings is 1. The van der Waals surface area contributed by atoms with Gasteiger partial charge in [0.2, 0.25) is 5.91 Å². The maximum Gasteiger partial charge on any atom is 0.237 e. The second-order valence-corrected chi connectivity index (χ2v) is 4.82. The zero-order chi connectivity index (χ0) is 14.2. The number of carbonyl (C=O) groups is 1. The predicted molar refractivity (Wildman–Crippen MR) is 84.4 cm³/mol. The highest BCUT2D eigenvalue weighted by Crippen LogP contribution is 2.16. The van der Waals surface area contributed by atoms with Gasteiger partial charge >= 0.3 is 0 Å². The van der Waals surface area contributed by atoms with Gasteiger partial charge in [-0.2, -0.15) is 0 Å². The molecule has 1 aromatic carbocycles. The lowest BCUT2D eigenvalue weighted by Gasteiger charge is -2.22. The first kappa shape index (κ1) is 17.6. The molecule has 6 heteroatoms. The second kappa shape index (κ2) is 9.47. The van der Waals surface area contributed by atoms with Gasteiger partial charge in [-0.15, -0.1) is 12.4 Å². The molecule has 5 nitrogen and oxygen atoms in total. The predicted octanol–water partition coefficient (Wildman–Crippen LogP) is 1.75. The molecular weight excluding hydrogens is 292 g/mol. The van der Waals surface area contributed by atoms with Crippen molar-refractivity contribution in [2.24, 2.45) is 0 Å². The maximum absolute atomic E-state index is 11.8. The van der Waals surface area contributed by atoms with Gasteiger partial charge < -0.3 is 20.1 Å². The average Bonchev–Trinajstić information content (AvgIpc) is 2.53. The number of ether oxygens (including phenoxy) is 2. The van der Waals surface area contributed by atoms with E-state index in [-0.39, 0.29) is 24.4 Å². The van der Waals surface area contributed by atoms with E-state index in [4.69, 9.17) is 9.47 Å². The summed E-state index contributed by atoms with van der Waals surface area (Å²) in [4.78, 5) is 11.8. The molecule has 0 spiro atoms. The van der Waals surface area contributed by atoms with Crippen LogP contribution in [-0.4, -0.2) is 38.8 Å². The van der Waals surface area contributed by atoms with E-state index in [1.807, 2.05) is 24.3 Å². The highest BCUT2D eigenvalue weighted by molar-refractivity contribution is 5.85. The number of amides is 1. The van der Waals surface area contributed by atoms with E-state index in [2.05, 4.69) is 10.6 Å². The normalized spacial score (nSPS) is 17.5. The average molecular weight is 315 g/mol. The maximum atomic E-state index is 11.8. The quantitative estimate of drug-likeness (QED) is 0.786. The lowest BCUT2D eigenvalue weighted by atomic mass is 10.0. The standard InChI is InChI=1S/C15H22N2O3.ClH/c1-19-12-5-7-13(8-6-12)20-11-10-17-15(18)14-4-2-3-9-16-14;/h5-8,14,16H,2-4,9-11H2,1H3,(H,17,18);1H. The Kier molecular flexibility index (Phi) is 7.93. The summed E-state index contributed by atoms with van der Waals surface area (Å²) in [5, 5.41) is 6.12. The van der Waals surface area contributed by atoms with Crippen LogP contribution in [0.1, 0.15) is 19.3 Å². The van der Waals surface area contributed by atoms with Crippen LogP contribution in [0.15, 0.2) is 24.3 Å². The highest BCUT2D eigenvalue weighted by Gasteiger charge is 2.19. The van der Waals surface area contributed by atoms with Crippen molar-refractivity contribution < 1.29 is 14.3 Å². The van der Waals surface area contributed by atoms with Gasteiger partial charge in [0.1, 0.15) is 18.1 Å². The number of hydrogen-bond donors (Lipinski definition) is 2. The minimum absolute atomic E-state index is 0. The van der Waals surface area contributed by atoms with Gasteiger partial charge in [-0.3, -0.25) is 4.79 Å². The van der Waals surface area contributed by atoms with Crippen LogP contribution in [0.2, 0.25) is 0 Å². The number of halogens is 1. The number of carbonyl (C=O) groups excluding carboxylic acids is 1. The van der Waals surface area contributed by atoms with Gasteiger partial charge in [-0.05, 0) is 43.7 Å². The fourth-order valence-corrected chi connectivity index (χ4v) is 2.21. The van der Waals surface area contributed by atoms with Crippen LogP contribution in [0.25, 0.3) is 0 Å². The van der Waals surface area contributed by atoms with Crippen molar-refractivity contribution in [3.05, 3.63) is 24.3 Å². The van der Waals surface area contributed by atoms with Gasteiger partial charge in [0.05, 0.1) is 19.7 Å². The fourth-order valence-electron chi connectivity index (χ4n) is 2.21. The van der Waals surface area contributed by atoms with Crippen LogP contribution in [0.4, 0.5) is 0 Å². The molecule has 0 saturated carbocycles. The molecule has 0 radical (unpaired) electrons. The summed E-state index contributed by atoms with van der Waals surface area (Å²) in [5.74, 6) is 1.65. The molecule has 0 aliphatic carbocycles. The Hall–Kier alpha value is -1.46. The van der Waals surface area contributed by atoms with Crippen LogP contribution in [-0.2, 0) is 4.79 Å². The van der Waals surface area contributed by atoms with Gasteiger partial charge in [0.25, 0.3) is 0 Å². The Morgan fingerprint density at radius 3 is 2.62 bits per heavy atom. The summed E-state index contributed by atoms with van der Waals surface area (Å²) in [5.41, 5.74) is 0. The van der Waals surface area contributed by atoms with Gasteiger partial charge in [-0.1, -0.05) is 6.42 Å². The molecule has 0 bridgehead atoms. The van der Waals surface area contributed by atoms with Gasteiger partial charge in [0.15, 0.2) is 0 Å². The van der Waals surface area contributed by atoms with Gasteiger partial charge in [0, 0.05) is 0 Å². The Balaban J connectivity index is 0.00000220. The first-order chi connectivity index (χ1) is 9.79. The number of benzene rings is 1. The number of rotatable bonds is 6. The fraction of sp³-hybridized carbons (Fsp3) is 0.533. The Morgan fingerprint density at radius 2 is 2.00 bits per heavy atom. The molecule has 1 aliphatic rings. The van der Waals surface area contributed by atoms with Crippen molar-refractivity contribution in [3.8, 4) is 11.5 Å². The molecule has 1 unspecified atom stereocenters. The summed E-state index contributed by atoms with van der Waals surface area (Å²) in [7, 11) is 1.63. The molecule has 1 aromatic rings. The monoisotopic (exact) mass is 314 g/mol. The van der Waals surface area contributed by atoms with Crippen molar-refractivity contribution >= 4 is 18.3 Å². The van der Waals surface area contributed by atoms with E-state index >= 15 is 0 Å². The van der Waals surface area contributed by atoms with E-state index in [0.717, 1.165) is 37.3 Å². The van der Waals surface area contributed by atoms with Crippen LogP contribution in [0.3, 0.4) is 0 Å². The largest absolute Gasteiger partial charge is 0.497 e. The second-order valence-electron chi connectivity index (χ2n) is 4.82. The minimum atomic E-state index is -0.0373. The van der Waals surface area contributed by atoms with Crippen molar-refractivity contribution in [3.63, 3.8) is 0 Å². The lowest BCUT2D eigenvalue weighted by Crippen LogP contribution is -2.47. The highest BCUT2D eigenvalue weighted by atomic mass is 35.5. The van der Waals surface area contributed by atoms with Crippen molar-refractivity contribution in [2.45, 2.75) is 25.3 Å².